The zero-order valence-electron chi connectivity index (χ0n) is 45.8. The average Bonchev–Trinajstić information content (AvgIpc) is 3.32. The molecule has 4 saturated carbocycles. The fraction of sp³-hybridized carbons (Fsp3) is 0.933. The van der Waals surface area contributed by atoms with E-state index in [1.807, 2.05) is 34.6 Å². The van der Waals surface area contributed by atoms with Gasteiger partial charge in [0.25, 0.3) is 0 Å². The van der Waals surface area contributed by atoms with Crippen LogP contribution in [0.3, 0.4) is 0 Å². The van der Waals surface area contributed by atoms with Crippen LogP contribution < -0.4 is 0 Å². The molecule has 4 fully saturated rings. The molecule has 4 aliphatic carbocycles. The Morgan fingerprint density at radius 3 is 1.25 bits per heavy atom. The maximum atomic E-state index is 14.7. The van der Waals surface area contributed by atoms with Crippen LogP contribution in [0.1, 0.15) is 286 Å². The van der Waals surface area contributed by atoms with Crippen molar-refractivity contribution in [3.05, 3.63) is 0 Å². The molecular weight excluding hydrogens is 849 g/mol. The third kappa shape index (κ3) is 22.1. The molecule has 4 bridgehead atoms. The van der Waals surface area contributed by atoms with Crippen molar-refractivity contribution in [2.24, 2.45) is 45.8 Å². The summed E-state index contributed by atoms with van der Waals surface area (Å²) in [6, 6.07) is 0. The number of unbranched alkanes of at least 4 members (excludes halogenated alkanes) is 24. The van der Waals surface area contributed by atoms with Crippen LogP contribution in [0, 0.1) is 45.8 Å². The molecule has 0 aromatic carbocycles. The van der Waals surface area contributed by atoms with Gasteiger partial charge in [-0.05, 0) is 135 Å². The van der Waals surface area contributed by atoms with Crippen molar-refractivity contribution in [3.8, 4) is 0 Å². The van der Waals surface area contributed by atoms with Crippen LogP contribution in [0.5, 0.6) is 0 Å². The third-order valence-corrected chi connectivity index (χ3v) is 17.1. The number of ether oxygens (including phenoxy) is 4. The first kappa shape index (κ1) is 60.2. The molecule has 0 heterocycles. The van der Waals surface area contributed by atoms with E-state index in [2.05, 4.69) is 13.8 Å². The standard InChI is InChI=1S/C60H108O8/c1-9-12-14-16-18-20-22-23-24-25-26-27-29-30-32-34-40-66-54(61)50(11-3)47-60(7,56(63)67-41-35-33-31-28-21-19-17-15-13-10-2)39-38-59(6,37-36-58(4,5)55(62)65-8)57(64)68-53-51-43-48-42-49(45-51)46-52(53)44-48/h48-53H,9-47H2,1-8H3. The van der Waals surface area contributed by atoms with Crippen LogP contribution in [0.4, 0.5) is 0 Å². The number of hydrogen-bond acceptors (Lipinski definition) is 8. The van der Waals surface area contributed by atoms with Gasteiger partial charge in [-0.25, -0.2) is 0 Å². The van der Waals surface area contributed by atoms with Crippen molar-refractivity contribution < 1.29 is 38.1 Å². The van der Waals surface area contributed by atoms with E-state index in [0.29, 0.717) is 63.6 Å². The first-order valence-corrected chi connectivity index (χ1v) is 29.3. The topological polar surface area (TPSA) is 105 Å². The molecule has 0 N–H and O–H groups in total. The van der Waals surface area contributed by atoms with Crippen molar-refractivity contribution in [2.45, 2.75) is 292 Å². The van der Waals surface area contributed by atoms with E-state index in [4.69, 9.17) is 18.9 Å². The van der Waals surface area contributed by atoms with E-state index >= 15 is 0 Å². The molecule has 68 heavy (non-hydrogen) atoms. The average molecular weight is 958 g/mol. The van der Waals surface area contributed by atoms with Gasteiger partial charge in [0.2, 0.25) is 0 Å². The number of rotatable bonds is 42. The minimum absolute atomic E-state index is 0.0609. The monoisotopic (exact) mass is 957 g/mol. The summed E-state index contributed by atoms with van der Waals surface area (Å²) in [5, 5.41) is 0. The zero-order valence-corrected chi connectivity index (χ0v) is 45.8. The molecule has 4 aliphatic rings. The molecule has 8 nitrogen and oxygen atoms in total. The Balaban J connectivity index is 1.58. The molecule has 0 radical (unpaired) electrons. The fourth-order valence-corrected chi connectivity index (χ4v) is 12.3. The molecule has 0 aromatic heterocycles. The highest BCUT2D eigenvalue weighted by atomic mass is 16.6. The molecule has 3 atom stereocenters. The Hall–Kier alpha value is -2.12. The van der Waals surface area contributed by atoms with Gasteiger partial charge >= 0.3 is 23.9 Å². The van der Waals surface area contributed by atoms with Crippen molar-refractivity contribution in [2.75, 3.05) is 20.3 Å². The summed E-state index contributed by atoms with van der Waals surface area (Å²) in [7, 11) is 1.41. The number of methoxy groups -OCH3 is 1. The molecule has 8 heteroatoms. The molecule has 0 amide bonds. The van der Waals surface area contributed by atoms with Crippen LogP contribution in [-0.2, 0) is 38.1 Å². The highest BCUT2D eigenvalue weighted by Crippen LogP contribution is 2.55. The summed E-state index contributed by atoms with van der Waals surface area (Å²) in [6.45, 7) is 14.9. The predicted molar refractivity (Wildman–Crippen MR) is 279 cm³/mol. The summed E-state index contributed by atoms with van der Waals surface area (Å²) in [6.07, 6.45) is 41.0. The van der Waals surface area contributed by atoms with Gasteiger partial charge < -0.3 is 18.9 Å². The summed E-state index contributed by atoms with van der Waals surface area (Å²) in [4.78, 5) is 55.7. The second-order valence-corrected chi connectivity index (χ2v) is 23.9. The lowest BCUT2D eigenvalue weighted by atomic mass is 9.55. The number of esters is 4. The lowest BCUT2D eigenvalue weighted by molar-refractivity contribution is -0.184. The largest absolute Gasteiger partial charge is 0.469 e. The van der Waals surface area contributed by atoms with Gasteiger partial charge in [0.15, 0.2) is 0 Å². The second-order valence-electron chi connectivity index (χ2n) is 23.9. The Kier molecular flexibility index (Phi) is 29.7. The van der Waals surface area contributed by atoms with Gasteiger partial charge in [0.1, 0.15) is 6.10 Å². The van der Waals surface area contributed by atoms with E-state index < -0.39 is 22.2 Å². The first-order chi connectivity index (χ1) is 32.7. The van der Waals surface area contributed by atoms with Gasteiger partial charge in [-0.3, -0.25) is 19.2 Å². The van der Waals surface area contributed by atoms with Crippen molar-refractivity contribution in [1.29, 1.82) is 0 Å². The highest BCUT2D eigenvalue weighted by molar-refractivity contribution is 5.80. The third-order valence-electron chi connectivity index (χ3n) is 17.1. The molecular formula is C60H108O8. The Morgan fingerprint density at radius 1 is 0.456 bits per heavy atom. The number of carbonyl (C=O) groups is 4. The molecule has 0 aromatic rings. The van der Waals surface area contributed by atoms with Crippen LogP contribution in [0.15, 0.2) is 0 Å². The summed E-state index contributed by atoms with van der Waals surface area (Å²) in [5.74, 6) is 0.837. The predicted octanol–water partition coefficient (Wildman–Crippen LogP) is 16.8. The normalized spacial score (nSPS) is 22.0. The molecule has 396 valence electrons. The minimum Gasteiger partial charge on any atom is -0.469 e. The summed E-state index contributed by atoms with van der Waals surface area (Å²) in [5.41, 5.74) is -2.76. The van der Waals surface area contributed by atoms with Crippen LogP contribution in [0.2, 0.25) is 0 Å². The van der Waals surface area contributed by atoms with E-state index in [0.717, 1.165) is 76.0 Å². The minimum atomic E-state index is -1.02. The number of carbonyl (C=O) groups excluding carboxylic acids is 4. The van der Waals surface area contributed by atoms with Crippen molar-refractivity contribution >= 4 is 23.9 Å². The van der Waals surface area contributed by atoms with Gasteiger partial charge in [-0.15, -0.1) is 0 Å². The van der Waals surface area contributed by atoms with E-state index in [1.54, 1.807) is 0 Å². The Labute approximate surface area is 418 Å². The second kappa shape index (κ2) is 33.5. The van der Waals surface area contributed by atoms with Gasteiger partial charge in [-0.2, -0.15) is 0 Å². The van der Waals surface area contributed by atoms with E-state index in [9.17, 15) is 19.2 Å². The van der Waals surface area contributed by atoms with Gasteiger partial charge in [-0.1, -0.05) is 175 Å². The summed E-state index contributed by atoms with van der Waals surface area (Å²) < 4.78 is 23.8. The van der Waals surface area contributed by atoms with Crippen molar-refractivity contribution in [1.82, 2.24) is 0 Å². The smallest absolute Gasteiger partial charge is 0.312 e. The van der Waals surface area contributed by atoms with Crippen LogP contribution >= 0.6 is 0 Å². The molecule has 0 saturated heterocycles. The van der Waals surface area contributed by atoms with Gasteiger partial charge in [0, 0.05) is 0 Å². The quantitative estimate of drug-likeness (QED) is 0.0338. The van der Waals surface area contributed by atoms with Crippen molar-refractivity contribution in [3.63, 3.8) is 0 Å². The highest BCUT2D eigenvalue weighted by Gasteiger charge is 2.52. The van der Waals surface area contributed by atoms with Gasteiger partial charge in [0.05, 0.1) is 42.5 Å². The Morgan fingerprint density at radius 2 is 0.838 bits per heavy atom. The van der Waals surface area contributed by atoms with E-state index in [-0.39, 0.29) is 30.0 Å². The molecule has 0 spiro atoms. The lowest BCUT2D eigenvalue weighted by Gasteiger charge is -2.54. The summed E-state index contributed by atoms with van der Waals surface area (Å²) >= 11 is 0. The molecule has 4 rings (SSSR count). The zero-order chi connectivity index (χ0) is 49.7. The molecule has 0 aliphatic heterocycles. The maximum Gasteiger partial charge on any atom is 0.312 e. The Bertz CT molecular complexity index is 1360. The molecule has 3 unspecified atom stereocenters. The lowest BCUT2D eigenvalue weighted by Crippen LogP contribution is -2.51. The first-order valence-electron chi connectivity index (χ1n) is 29.3. The van der Waals surface area contributed by atoms with Crippen LogP contribution in [-0.4, -0.2) is 50.3 Å². The number of hydrogen-bond donors (Lipinski definition) is 0. The SMILES string of the molecule is CCCCCCCCCCCCCCCCCCOC(=O)C(CC)CC(C)(CCC(C)(CCC(C)(C)C(=O)OC)C(=O)OC1C2CC3CC(C2)CC1C3)C(=O)OCCCCCCCCCCCC. The van der Waals surface area contributed by atoms with E-state index in [1.165, 1.54) is 142 Å². The maximum absolute atomic E-state index is 14.7. The fourth-order valence-electron chi connectivity index (χ4n) is 12.3. The van der Waals surface area contributed by atoms with Crippen LogP contribution in [0.25, 0.3) is 0 Å².